The van der Waals surface area contributed by atoms with Crippen LogP contribution in [0.4, 0.5) is 0 Å². The number of aliphatic imine (C=N–C) groups is 1. The fraction of sp³-hybridized carbons (Fsp3) is 0.308. The monoisotopic (exact) mass is 373 g/mol. The Bertz CT molecular complexity index is 670. The normalized spacial score (nSPS) is 14.2. The van der Waals surface area contributed by atoms with Gasteiger partial charge in [0.1, 0.15) is 10.9 Å². The van der Waals surface area contributed by atoms with E-state index >= 15 is 0 Å². The van der Waals surface area contributed by atoms with Gasteiger partial charge in [-0.1, -0.05) is 40.8 Å². The quantitative estimate of drug-likeness (QED) is 0.436. The predicted octanol–water partition coefficient (Wildman–Crippen LogP) is 3.91. The molecule has 1 atom stereocenters. The van der Waals surface area contributed by atoms with Crippen molar-refractivity contribution in [3.05, 3.63) is 30.2 Å². The Hall–Kier alpha value is -1.02. The Morgan fingerprint density at radius 3 is 2.91 bits per heavy atom. The second-order valence-corrected chi connectivity index (χ2v) is 7.38. The molecule has 0 saturated carbocycles. The average molecular weight is 374 g/mol. The Balaban J connectivity index is 2.07. The van der Waals surface area contributed by atoms with Crippen molar-refractivity contribution < 1.29 is 0 Å². The number of aromatic nitrogens is 4. The van der Waals surface area contributed by atoms with E-state index in [1.165, 1.54) is 23.1 Å². The summed E-state index contributed by atoms with van der Waals surface area (Å²) < 4.78 is 0.828. The molecule has 2 rings (SSSR count). The molecule has 1 unspecified atom stereocenters. The first-order valence-corrected chi connectivity index (χ1v) is 8.92. The Morgan fingerprint density at radius 2 is 2.27 bits per heavy atom. The van der Waals surface area contributed by atoms with E-state index in [2.05, 4.69) is 25.2 Å². The number of nitrogens with zero attached hydrogens (tertiary/aromatic N) is 5. The van der Waals surface area contributed by atoms with E-state index in [-0.39, 0.29) is 5.38 Å². The smallest absolute Gasteiger partial charge is 0.175 e. The SMILES string of the molecule is CN=C(Cl)/C(=C/C(C)Cl)CSc1nnc(-c2cnccn2)s1. The third kappa shape index (κ3) is 5.01. The van der Waals surface area contributed by atoms with Gasteiger partial charge in [0.15, 0.2) is 9.35 Å². The number of allylic oxidation sites excluding steroid dienone is 1. The molecule has 22 heavy (non-hydrogen) atoms. The molecule has 0 N–H and O–H groups in total. The van der Waals surface area contributed by atoms with Crippen LogP contribution in [0.3, 0.4) is 0 Å². The number of rotatable bonds is 6. The van der Waals surface area contributed by atoms with Crippen LogP contribution in [0.5, 0.6) is 0 Å². The highest BCUT2D eigenvalue weighted by Crippen LogP contribution is 2.29. The molecule has 9 heteroatoms. The van der Waals surface area contributed by atoms with Gasteiger partial charge in [0.2, 0.25) is 0 Å². The van der Waals surface area contributed by atoms with Gasteiger partial charge < -0.3 is 0 Å². The van der Waals surface area contributed by atoms with Crippen LogP contribution in [0.2, 0.25) is 0 Å². The number of alkyl halides is 1. The summed E-state index contributed by atoms with van der Waals surface area (Å²) in [5, 5.41) is 9.36. The Morgan fingerprint density at radius 1 is 1.45 bits per heavy atom. The van der Waals surface area contributed by atoms with Crippen molar-refractivity contribution in [2.45, 2.75) is 16.6 Å². The van der Waals surface area contributed by atoms with Crippen molar-refractivity contribution in [1.82, 2.24) is 20.2 Å². The summed E-state index contributed by atoms with van der Waals surface area (Å²) in [6.45, 7) is 1.88. The third-order valence-electron chi connectivity index (χ3n) is 2.43. The molecule has 0 saturated heterocycles. The summed E-state index contributed by atoms with van der Waals surface area (Å²) in [7, 11) is 1.65. The number of hydrogen-bond donors (Lipinski definition) is 0. The average Bonchev–Trinajstić information content (AvgIpc) is 3.00. The Kier molecular flexibility index (Phi) is 6.75. The highest BCUT2D eigenvalue weighted by molar-refractivity contribution is 8.01. The second kappa shape index (κ2) is 8.57. The van der Waals surface area contributed by atoms with Crippen LogP contribution in [0.25, 0.3) is 10.7 Å². The van der Waals surface area contributed by atoms with Gasteiger partial charge in [0.25, 0.3) is 0 Å². The molecular weight excluding hydrogens is 361 g/mol. The summed E-state index contributed by atoms with van der Waals surface area (Å²) in [5.41, 5.74) is 1.60. The van der Waals surface area contributed by atoms with E-state index in [0.717, 1.165) is 14.9 Å². The molecule has 0 amide bonds. The van der Waals surface area contributed by atoms with Crippen LogP contribution in [0.15, 0.2) is 39.6 Å². The number of thioether (sulfide) groups is 1. The summed E-state index contributed by atoms with van der Waals surface area (Å²) in [5.74, 6) is 0.627. The van der Waals surface area contributed by atoms with Crippen molar-refractivity contribution in [2.24, 2.45) is 4.99 Å². The van der Waals surface area contributed by atoms with E-state index in [9.17, 15) is 0 Å². The van der Waals surface area contributed by atoms with Crippen LogP contribution in [-0.2, 0) is 0 Å². The van der Waals surface area contributed by atoms with Crippen molar-refractivity contribution in [2.75, 3.05) is 12.8 Å². The van der Waals surface area contributed by atoms with E-state index in [1.807, 2.05) is 13.0 Å². The van der Waals surface area contributed by atoms with Crippen molar-refractivity contribution in [3.8, 4) is 10.7 Å². The van der Waals surface area contributed by atoms with Crippen molar-refractivity contribution in [3.63, 3.8) is 0 Å². The maximum absolute atomic E-state index is 6.10. The molecule has 0 fully saturated rings. The zero-order valence-corrected chi connectivity index (χ0v) is 15.0. The standard InChI is InChI=1S/C13H13Cl2N5S2/c1-8(14)5-9(11(15)16-2)7-21-13-20-19-12(22-13)10-6-17-3-4-18-10/h3-6,8H,7H2,1-2H3/b9-5+,16-11?. The van der Waals surface area contributed by atoms with Gasteiger partial charge in [-0.25, -0.2) is 0 Å². The van der Waals surface area contributed by atoms with Gasteiger partial charge in [0, 0.05) is 30.6 Å². The van der Waals surface area contributed by atoms with E-state index < -0.39 is 0 Å². The minimum Gasteiger partial charge on any atom is -0.276 e. The van der Waals surface area contributed by atoms with Crippen LogP contribution < -0.4 is 0 Å². The predicted molar refractivity (Wildman–Crippen MR) is 94.3 cm³/mol. The lowest BCUT2D eigenvalue weighted by atomic mass is 10.2. The fourth-order valence-corrected chi connectivity index (χ4v) is 3.68. The lowest BCUT2D eigenvalue weighted by molar-refractivity contribution is 1.01. The first-order valence-electron chi connectivity index (χ1n) is 6.30. The topological polar surface area (TPSA) is 63.9 Å². The van der Waals surface area contributed by atoms with E-state index in [1.54, 1.807) is 25.6 Å². The van der Waals surface area contributed by atoms with Gasteiger partial charge in [-0.2, -0.15) is 0 Å². The zero-order chi connectivity index (χ0) is 15.9. The van der Waals surface area contributed by atoms with Gasteiger partial charge in [-0.3, -0.25) is 15.0 Å². The maximum Gasteiger partial charge on any atom is 0.175 e. The first-order chi connectivity index (χ1) is 10.6. The summed E-state index contributed by atoms with van der Waals surface area (Å²) in [4.78, 5) is 12.2. The highest BCUT2D eigenvalue weighted by Gasteiger charge is 2.11. The van der Waals surface area contributed by atoms with Crippen molar-refractivity contribution in [1.29, 1.82) is 0 Å². The van der Waals surface area contributed by atoms with Crippen LogP contribution in [0.1, 0.15) is 6.92 Å². The molecule has 0 bridgehead atoms. The van der Waals surface area contributed by atoms with Crippen LogP contribution >= 0.6 is 46.3 Å². The lowest BCUT2D eigenvalue weighted by Crippen LogP contribution is -2.01. The van der Waals surface area contributed by atoms with Crippen LogP contribution in [0, 0.1) is 0 Å². The fourth-order valence-electron chi connectivity index (χ4n) is 1.52. The maximum atomic E-state index is 6.10. The minimum absolute atomic E-state index is 0.115. The molecule has 2 aromatic heterocycles. The molecule has 5 nitrogen and oxygen atoms in total. The molecule has 116 valence electrons. The third-order valence-corrected chi connectivity index (χ3v) is 5.10. The van der Waals surface area contributed by atoms with E-state index in [4.69, 9.17) is 23.2 Å². The molecule has 0 aliphatic heterocycles. The van der Waals surface area contributed by atoms with Crippen molar-refractivity contribution >= 4 is 51.5 Å². The molecule has 2 heterocycles. The van der Waals surface area contributed by atoms with Gasteiger partial charge >= 0.3 is 0 Å². The van der Waals surface area contributed by atoms with E-state index in [0.29, 0.717) is 16.6 Å². The molecule has 0 aromatic carbocycles. The molecule has 2 aromatic rings. The highest BCUT2D eigenvalue weighted by atomic mass is 35.5. The van der Waals surface area contributed by atoms with Gasteiger partial charge in [-0.15, -0.1) is 21.8 Å². The lowest BCUT2D eigenvalue weighted by Gasteiger charge is -2.04. The number of hydrogen-bond acceptors (Lipinski definition) is 7. The zero-order valence-electron chi connectivity index (χ0n) is 11.9. The summed E-state index contributed by atoms with van der Waals surface area (Å²) >= 11 is 15.1. The summed E-state index contributed by atoms with van der Waals surface area (Å²) in [6.07, 6.45) is 6.80. The second-order valence-electron chi connectivity index (χ2n) is 4.14. The molecule has 0 spiro atoms. The first kappa shape index (κ1) is 17.3. The summed E-state index contributed by atoms with van der Waals surface area (Å²) in [6, 6.07) is 0. The van der Waals surface area contributed by atoms with Crippen LogP contribution in [-0.4, -0.2) is 43.5 Å². The molecule has 0 aliphatic rings. The number of halogens is 2. The molecule has 0 radical (unpaired) electrons. The minimum atomic E-state index is -0.115. The van der Waals surface area contributed by atoms with Gasteiger partial charge in [0.05, 0.1) is 6.20 Å². The van der Waals surface area contributed by atoms with Gasteiger partial charge in [-0.05, 0) is 12.5 Å². The largest absolute Gasteiger partial charge is 0.276 e. The molecule has 0 aliphatic carbocycles. The Labute approximate surface area is 146 Å². The molecular formula is C13H13Cl2N5S2.